The Morgan fingerprint density at radius 3 is 2.58 bits per heavy atom. The third-order valence-electron chi connectivity index (χ3n) is 3.05. The molecule has 6 heteroatoms. The fraction of sp³-hybridized carbons (Fsp3) is 0.385. The van der Waals surface area contributed by atoms with Gasteiger partial charge in [-0.2, -0.15) is 0 Å². The minimum atomic E-state index is -1.04. The standard InChI is InChI=1S/C13H18N2O4/c1-8(7-16)15(3)13(19)14-11-6-4-5-10(9(11)2)12(17)18/h4-6,8,16H,7H2,1-3H3,(H,14,19)(H,17,18). The van der Waals surface area contributed by atoms with Gasteiger partial charge in [-0.05, 0) is 31.5 Å². The molecule has 0 aliphatic rings. The van der Waals surface area contributed by atoms with E-state index in [1.165, 1.54) is 11.0 Å². The zero-order chi connectivity index (χ0) is 14.6. The molecule has 1 atom stereocenters. The Hall–Kier alpha value is -2.08. The molecule has 104 valence electrons. The third-order valence-corrected chi connectivity index (χ3v) is 3.05. The van der Waals surface area contributed by atoms with Gasteiger partial charge in [0.05, 0.1) is 18.2 Å². The summed E-state index contributed by atoms with van der Waals surface area (Å²) in [6, 6.07) is 3.97. The van der Waals surface area contributed by atoms with Crippen molar-refractivity contribution in [2.24, 2.45) is 0 Å². The SMILES string of the molecule is Cc1c(NC(=O)N(C)C(C)CO)cccc1C(=O)O. The van der Waals surface area contributed by atoms with E-state index in [0.29, 0.717) is 11.3 Å². The fourth-order valence-corrected chi connectivity index (χ4v) is 1.53. The summed E-state index contributed by atoms with van der Waals surface area (Å²) >= 11 is 0. The first kappa shape index (κ1) is 15.0. The van der Waals surface area contributed by atoms with Gasteiger partial charge in [-0.25, -0.2) is 9.59 Å². The van der Waals surface area contributed by atoms with Crippen molar-refractivity contribution in [1.29, 1.82) is 0 Å². The molecule has 0 aromatic heterocycles. The Labute approximate surface area is 111 Å². The largest absolute Gasteiger partial charge is 0.478 e. The number of nitrogens with zero attached hydrogens (tertiary/aromatic N) is 1. The van der Waals surface area contributed by atoms with Crippen LogP contribution < -0.4 is 5.32 Å². The quantitative estimate of drug-likeness (QED) is 0.771. The number of amides is 2. The van der Waals surface area contributed by atoms with E-state index < -0.39 is 12.0 Å². The zero-order valence-electron chi connectivity index (χ0n) is 11.2. The molecule has 1 unspecified atom stereocenters. The van der Waals surface area contributed by atoms with Crippen molar-refractivity contribution in [1.82, 2.24) is 4.90 Å². The number of urea groups is 1. The van der Waals surface area contributed by atoms with Crippen LogP contribution in [0.4, 0.5) is 10.5 Å². The molecule has 0 fully saturated rings. The number of hydrogen-bond donors (Lipinski definition) is 3. The number of carboxylic acids is 1. The second-order valence-corrected chi connectivity index (χ2v) is 4.36. The Morgan fingerprint density at radius 2 is 2.05 bits per heavy atom. The highest BCUT2D eigenvalue weighted by molar-refractivity contribution is 5.95. The van der Waals surface area contributed by atoms with Crippen LogP contribution >= 0.6 is 0 Å². The van der Waals surface area contributed by atoms with E-state index in [1.807, 2.05) is 0 Å². The maximum atomic E-state index is 11.9. The van der Waals surface area contributed by atoms with Crippen molar-refractivity contribution >= 4 is 17.7 Å². The van der Waals surface area contributed by atoms with Crippen molar-refractivity contribution < 1.29 is 19.8 Å². The highest BCUT2D eigenvalue weighted by Gasteiger charge is 2.17. The topological polar surface area (TPSA) is 89.9 Å². The van der Waals surface area contributed by atoms with E-state index >= 15 is 0 Å². The van der Waals surface area contributed by atoms with Crippen LogP contribution in [0.5, 0.6) is 0 Å². The Kier molecular flexibility index (Phi) is 4.88. The number of benzene rings is 1. The molecule has 0 heterocycles. The Bertz CT molecular complexity index is 488. The van der Waals surface area contributed by atoms with Gasteiger partial charge in [0.1, 0.15) is 0 Å². The average Bonchev–Trinajstić information content (AvgIpc) is 2.38. The molecule has 0 spiro atoms. The van der Waals surface area contributed by atoms with E-state index in [4.69, 9.17) is 10.2 Å². The lowest BCUT2D eigenvalue weighted by molar-refractivity contribution is 0.0696. The van der Waals surface area contributed by atoms with Gasteiger partial charge < -0.3 is 20.4 Å². The molecule has 2 amide bonds. The minimum absolute atomic E-state index is 0.141. The summed E-state index contributed by atoms with van der Waals surface area (Å²) in [7, 11) is 1.56. The molecule has 0 aliphatic heterocycles. The number of carbonyl (C=O) groups excluding carboxylic acids is 1. The van der Waals surface area contributed by atoms with Crippen LogP contribution in [0.1, 0.15) is 22.8 Å². The number of likely N-dealkylation sites (N-methyl/N-ethyl adjacent to an activating group) is 1. The summed E-state index contributed by atoms with van der Waals surface area (Å²) in [5.41, 5.74) is 1.09. The van der Waals surface area contributed by atoms with E-state index in [2.05, 4.69) is 5.32 Å². The van der Waals surface area contributed by atoms with Gasteiger partial charge in [-0.1, -0.05) is 6.07 Å². The first-order chi connectivity index (χ1) is 8.88. The molecular formula is C13H18N2O4. The molecule has 0 saturated heterocycles. The van der Waals surface area contributed by atoms with Crippen molar-refractivity contribution in [3.8, 4) is 0 Å². The molecule has 0 radical (unpaired) electrons. The third kappa shape index (κ3) is 3.45. The molecule has 3 N–H and O–H groups in total. The monoisotopic (exact) mass is 266 g/mol. The number of aliphatic hydroxyl groups is 1. The van der Waals surface area contributed by atoms with Gasteiger partial charge in [0, 0.05) is 12.7 Å². The molecule has 19 heavy (non-hydrogen) atoms. The fourth-order valence-electron chi connectivity index (χ4n) is 1.53. The average molecular weight is 266 g/mol. The van der Waals surface area contributed by atoms with Crippen molar-refractivity contribution in [2.75, 3.05) is 19.0 Å². The smallest absolute Gasteiger partial charge is 0.336 e. The van der Waals surface area contributed by atoms with E-state index in [-0.39, 0.29) is 18.2 Å². The maximum Gasteiger partial charge on any atom is 0.336 e. The zero-order valence-corrected chi connectivity index (χ0v) is 11.2. The molecule has 0 saturated carbocycles. The number of aliphatic hydroxyl groups excluding tert-OH is 1. The number of rotatable bonds is 4. The molecule has 0 bridgehead atoms. The summed E-state index contributed by atoms with van der Waals surface area (Å²) in [6.07, 6.45) is 0. The van der Waals surface area contributed by atoms with Crippen molar-refractivity contribution in [3.63, 3.8) is 0 Å². The second-order valence-electron chi connectivity index (χ2n) is 4.36. The molecule has 1 aromatic rings. The Balaban J connectivity index is 2.92. The van der Waals surface area contributed by atoms with Gasteiger partial charge in [0.2, 0.25) is 0 Å². The number of aromatic carboxylic acids is 1. The van der Waals surface area contributed by atoms with Crippen LogP contribution in [0.3, 0.4) is 0 Å². The summed E-state index contributed by atoms with van der Waals surface area (Å²) < 4.78 is 0. The molecule has 6 nitrogen and oxygen atoms in total. The lowest BCUT2D eigenvalue weighted by Gasteiger charge is -2.24. The van der Waals surface area contributed by atoms with E-state index in [0.717, 1.165) is 0 Å². The van der Waals surface area contributed by atoms with E-state index in [9.17, 15) is 9.59 Å². The lowest BCUT2D eigenvalue weighted by Crippen LogP contribution is -2.40. The van der Waals surface area contributed by atoms with Crippen LogP contribution in [-0.2, 0) is 0 Å². The number of carboxylic acid groups (broad SMARTS) is 1. The lowest BCUT2D eigenvalue weighted by atomic mass is 10.1. The summed E-state index contributed by atoms with van der Waals surface area (Å²) in [4.78, 5) is 24.2. The predicted molar refractivity (Wildman–Crippen MR) is 71.5 cm³/mol. The first-order valence-corrected chi connectivity index (χ1v) is 5.86. The first-order valence-electron chi connectivity index (χ1n) is 5.86. The second kappa shape index (κ2) is 6.19. The maximum absolute atomic E-state index is 11.9. The van der Waals surface area contributed by atoms with Gasteiger partial charge in [-0.15, -0.1) is 0 Å². The summed E-state index contributed by atoms with van der Waals surface area (Å²) in [5.74, 6) is -1.04. The van der Waals surface area contributed by atoms with Gasteiger partial charge >= 0.3 is 12.0 Å². The molecule has 0 aliphatic carbocycles. The van der Waals surface area contributed by atoms with E-state index in [1.54, 1.807) is 33.0 Å². The molecular weight excluding hydrogens is 248 g/mol. The van der Waals surface area contributed by atoms with Gasteiger partial charge in [-0.3, -0.25) is 0 Å². The van der Waals surface area contributed by atoms with Gasteiger partial charge in [0.15, 0.2) is 0 Å². The van der Waals surface area contributed by atoms with Crippen LogP contribution in [0, 0.1) is 6.92 Å². The molecule has 1 rings (SSSR count). The van der Waals surface area contributed by atoms with Crippen LogP contribution in [0.2, 0.25) is 0 Å². The van der Waals surface area contributed by atoms with Crippen molar-refractivity contribution in [3.05, 3.63) is 29.3 Å². The number of hydrogen-bond acceptors (Lipinski definition) is 3. The summed E-state index contributed by atoms with van der Waals surface area (Å²) in [5, 5.41) is 20.6. The predicted octanol–water partition coefficient (Wildman–Crippen LogP) is 1.54. The highest BCUT2D eigenvalue weighted by Crippen LogP contribution is 2.19. The number of nitrogens with one attached hydrogen (secondary N) is 1. The Morgan fingerprint density at radius 1 is 1.42 bits per heavy atom. The number of anilines is 1. The molecule has 1 aromatic carbocycles. The van der Waals surface area contributed by atoms with Crippen molar-refractivity contribution in [2.45, 2.75) is 19.9 Å². The van der Waals surface area contributed by atoms with Crippen LogP contribution in [-0.4, -0.2) is 46.8 Å². The van der Waals surface area contributed by atoms with Gasteiger partial charge in [0.25, 0.3) is 0 Å². The number of carbonyl (C=O) groups is 2. The van der Waals surface area contributed by atoms with Crippen LogP contribution in [0.25, 0.3) is 0 Å². The highest BCUT2D eigenvalue weighted by atomic mass is 16.4. The normalized spacial score (nSPS) is 11.8. The minimum Gasteiger partial charge on any atom is -0.478 e. The van der Waals surface area contributed by atoms with Crippen LogP contribution in [0.15, 0.2) is 18.2 Å². The summed E-state index contributed by atoms with van der Waals surface area (Å²) in [6.45, 7) is 3.20.